The highest BCUT2D eigenvalue weighted by atomic mass is 32.2. The molecule has 1 amide bonds. The van der Waals surface area contributed by atoms with E-state index in [9.17, 15) is 4.79 Å². The second-order valence-electron chi connectivity index (χ2n) is 3.54. The van der Waals surface area contributed by atoms with E-state index in [0.717, 1.165) is 4.90 Å². The fourth-order valence-electron chi connectivity index (χ4n) is 1.34. The highest BCUT2D eigenvalue weighted by molar-refractivity contribution is 7.98. The number of carbonyl (C=O) groups excluding carboxylic acids is 1. The minimum Gasteiger partial charge on any atom is -0.311 e. The van der Waals surface area contributed by atoms with Gasteiger partial charge >= 0.3 is 0 Å². The summed E-state index contributed by atoms with van der Waals surface area (Å²) in [6.07, 6.45) is 7.08. The van der Waals surface area contributed by atoms with Crippen molar-refractivity contribution < 1.29 is 4.79 Å². The second kappa shape index (κ2) is 6.15. The van der Waals surface area contributed by atoms with Gasteiger partial charge in [-0.1, -0.05) is 0 Å². The Morgan fingerprint density at radius 1 is 1.50 bits per heavy atom. The Morgan fingerprint density at radius 2 is 2.39 bits per heavy atom. The van der Waals surface area contributed by atoms with Gasteiger partial charge in [0, 0.05) is 17.5 Å². The van der Waals surface area contributed by atoms with E-state index in [0.29, 0.717) is 18.8 Å². The minimum absolute atomic E-state index is 0.0881. The van der Waals surface area contributed by atoms with Gasteiger partial charge in [-0.05, 0) is 18.4 Å². The summed E-state index contributed by atoms with van der Waals surface area (Å²) in [6, 6.07) is 3.71. The smallest absolute Gasteiger partial charge is 0.227 e. The molecule has 2 aromatic heterocycles. The molecule has 0 aromatic carbocycles. The van der Waals surface area contributed by atoms with E-state index in [2.05, 4.69) is 20.4 Å². The molecule has 94 valence electrons. The zero-order chi connectivity index (χ0) is 12.8. The van der Waals surface area contributed by atoms with E-state index in [4.69, 9.17) is 0 Å². The second-order valence-corrected chi connectivity index (χ2v) is 4.42. The summed E-state index contributed by atoms with van der Waals surface area (Å²) in [7, 11) is 0. The Hall–Kier alpha value is -1.89. The number of aromatic nitrogens is 4. The largest absolute Gasteiger partial charge is 0.311 e. The molecule has 0 unspecified atom stereocenters. The Bertz CT molecular complexity index is 497. The molecule has 0 fully saturated rings. The van der Waals surface area contributed by atoms with Crippen LogP contribution in [0.2, 0.25) is 0 Å². The van der Waals surface area contributed by atoms with Crippen LogP contribution in [-0.2, 0) is 11.3 Å². The van der Waals surface area contributed by atoms with Gasteiger partial charge in [0.2, 0.25) is 5.91 Å². The van der Waals surface area contributed by atoms with Crippen LogP contribution in [0, 0.1) is 0 Å². The number of anilines is 1. The maximum atomic E-state index is 11.6. The number of pyridine rings is 1. The number of nitrogens with one attached hydrogen (secondary N) is 1. The zero-order valence-corrected chi connectivity index (χ0v) is 10.7. The van der Waals surface area contributed by atoms with E-state index in [1.165, 1.54) is 6.33 Å². The molecule has 0 saturated heterocycles. The van der Waals surface area contributed by atoms with Crippen LogP contribution in [0.1, 0.15) is 6.42 Å². The highest BCUT2D eigenvalue weighted by Gasteiger charge is 2.04. The van der Waals surface area contributed by atoms with E-state index in [-0.39, 0.29) is 5.91 Å². The molecule has 0 radical (unpaired) electrons. The normalized spacial score (nSPS) is 10.3. The molecule has 7 heteroatoms. The minimum atomic E-state index is -0.0881. The molecule has 0 spiro atoms. The first-order valence-corrected chi connectivity index (χ1v) is 6.62. The van der Waals surface area contributed by atoms with Crippen molar-refractivity contribution >= 4 is 23.5 Å². The van der Waals surface area contributed by atoms with E-state index < -0.39 is 0 Å². The Kier molecular flexibility index (Phi) is 4.30. The first-order valence-electron chi connectivity index (χ1n) is 5.40. The molecule has 6 nitrogen and oxygen atoms in total. The number of carbonyl (C=O) groups is 1. The van der Waals surface area contributed by atoms with Crippen LogP contribution in [0.4, 0.5) is 5.82 Å². The van der Waals surface area contributed by atoms with Crippen LogP contribution in [0.15, 0.2) is 35.9 Å². The number of rotatable bonds is 5. The lowest BCUT2D eigenvalue weighted by atomic mass is 10.4. The third kappa shape index (κ3) is 3.56. The third-order valence-corrected chi connectivity index (χ3v) is 2.99. The van der Waals surface area contributed by atoms with Crippen LogP contribution in [0.3, 0.4) is 0 Å². The lowest BCUT2D eigenvalue weighted by Gasteiger charge is -2.04. The topological polar surface area (TPSA) is 72.7 Å². The number of hydrogen-bond acceptors (Lipinski definition) is 5. The number of amides is 1. The van der Waals surface area contributed by atoms with Gasteiger partial charge in [0.1, 0.15) is 18.5 Å². The zero-order valence-electron chi connectivity index (χ0n) is 9.91. The molecular formula is C11H13N5OS. The van der Waals surface area contributed by atoms with Crippen molar-refractivity contribution in [2.45, 2.75) is 17.9 Å². The van der Waals surface area contributed by atoms with Crippen molar-refractivity contribution in [3.8, 4) is 0 Å². The lowest BCUT2D eigenvalue weighted by molar-refractivity contribution is -0.116. The van der Waals surface area contributed by atoms with E-state index >= 15 is 0 Å². The van der Waals surface area contributed by atoms with Crippen LogP contribution >= 0.6 is 11.8 Å². The van der Waals surface area contributed by atoms with Crippen molar-refractivity contribution in [3.05, 3.63) is 31.0 Å². The molecule has 0 atom stereocenters. The van der Waals surface area contributed by atoms with Gasteiger partial charge in [0.15, 0.2) is 0 Å². The summed E-state index contributed by atoms with van der Waals surface area (Å²) in [6.45, 7) is 0.509. The first-order chi connectivity index (χ1) is 8.78. The predicted octanol–water partition coefficient (Wildman–Crippen LogP) is 1.42. The van der Waals surface area contributed by atoms with Crippen molar-refractivity contribution in [2.24, 2.45) is 0 Å². The molecule has 2 heterocycles. The quantitative estimate of drug-likeness (QED) is 0.826. The molecule has 0 aliphatic heterocycles. The Morgan fingerprint density at radius 3 is 3.00 bits per heavy atom. The highest BCUT2D eigenvalue weighted by Crippen LogP contribution is 2.14. The van der Waals surface area contributed by atoms with E-state index in [1.54, 1.807) is 35.0 Å². The standard InChI is InChI=1S/C11H13N5OS/c1-18-9-2-3-10(13-6-9)15-11(17)4-5-16-8-12-7-14-16/h2-3,6-8H,4-5H2,1H3,(H,13,15,17). The fraction of sp³-hybridized carbons (Fsp3) is 0.273. The van der Waals surface area contributed by atoms with Gasteiger partial charge in [0.05, 0.1) is 6.54 Å². The van der Waals surface area contributed by atoms with Crippen LogP contribution in [-0.4, -0.2) is 31.9 Å². The van der Waals surface area contributed by atoms with Gasteiger partial charge < -0.3 is 5.32 Å². The Balaban J connectivity index is 1.83. The summed E-state index contributed by atoms with van der Waals surface area (Å²) < 4.78 is 1.61. The van der Waals surface area contributed by atoms with Gasteiger partial charge in [-0.15, -0.1) is 11.8 Å². The molecular weight excluding hydrogens is 250 g/mol. The number of aryl methyl sites for hydroxylation is 1. The van der Waals surface area contributed by atoms with Crippen LogP contribution < -0.4 is 5.32 Å². The molecule has 2 aromatic rings. The lowest BCUT2D eigenvalue weighted by Crippen LogP contribution is -2.15. The van der Waals surface area contributed by atoms with Gasteiger partial charge in [0.25, 0.3) is 0 Å². The summed E-state index contributed by atoms with van der Waals surface area (Å²) in [5, 5.41) is 6.66. The maximum absolute atomic E-state index is 11.6. The summed E-state index contributed by atoms with van der Waals surface area (Å²) in [4.78, 5) is 20.7. The predicted molar refractivity (Wildman–Crippen MR) is 69.3 cm³/mol. The SMILES string of the molecule is CSc1ccc(NC(=O)CCn2cncn2)nc1. The number of thioether (sulfide) groups is 1. The molecule has 0 saturated carbocycles. The number of nitrogens with zero attached hydrogens (tertiary/aromatic N) is 4. The average Bonchev–Trinajstić information content (AvgIpc) is 2.90. The van der Waals surface area contributed by atoms with Crippen molar-refractivity contribution in [1.29, 1.82) is 0 Å². The average molecular weight is 263 g/mol. The number of hydrogen-bond donors (Lipinski definition) is 1. The van der Waals surface area contributed by atoms with E-state index in [1.807, 2.05) is 12.3 Å². The summed E-state index contributed by atoms with van der Waals surface area (Å²) >= 11 is 1.61. The Labute approximate surface area is 109 Å². The third-order valence-electron chi connectivity index (χ3n) is 2.27. The maximum Gasteiger partial charge on any atom is 0.227 e. The van der Waals surface area contributed by atoms with Gasteiger partial charge in [-0.2, -0.15) is 5.10 Å². The molecule has 18 heavy (non-hydrogen) atoms. The van der Waals surface area contributed by atoms with Crippen LogP contribution in [0.25, 0.3) is 0 Å². The van der Waals surface area contributed by atoms with Gasteiger partial charge in [-0.3, -0.25) is 9.48 Å². The molecule has 0 aliphatic carbocycles. The molecule has 1 N–H and O–H groups in total. The first kappa shape index (κ1) is 12.6. The summed E-state index contributed by atoms with van der Waals surface area (Å²) in [5.41, 5.74) is 0. The monoisotopic (exact) mass is 263 g/mol. The summed E-state index contributed by atoms with van der Waals surface area (Å²) in [5.74, 6) is 0.478. The van der Waals surface area contributed by atoms with Gasteiger partial charge in [-0.25, -0.2) is 9.97 Å². The molecule has 0 aliphatic rings. The molecule has 0 bridgehead atoms. The van der Waals surface area contributed by atoms with Crippen molar-refractivity contribution in [1.82, 2.24) is 19.7 Å². The van der Waals surface area contributed by atoms with Crippen molar-refractivity contribution in [3.63, 3.8) is 0 Å². The fourth-order valence-corrected chi connectivity index (χ4v) is 1.71. The molecule has 2 rings (SSSR count). The van der Waals surface area contributed by atoms with Crippen LogP contribution in [0.5, 0.6) is 0 Å². The van der Waals surface area contributed by atoms with Crippen molar-refractivity contribution in [2.75, 3.05) is 11.6 Å².